The summed E-state index contributed by atoms with van der Waals surface area (Å²) < 4.78 is 4.79. The van der Waals surface area contributed by atoms with Crippen LogP contribution in [-0.2, 0) is 9.53 Å². The maximum Gasteiger partial charge on any atom is 0.333 e. The van der Waals surface area contributed by atoms with Crippen LogP contribution in [0.4, 0.5) is 0 Å². The molecule has 3 heteroatoms. The van der Waals surface area contributed by atoms with Gasteiger partial charge in [-0.2, -0.15) is 0 Å². The van der Waals surface area contributed by atoms with Crippen LogP contribution >= 0.6 is 0 Å². The maximum absolute atomic E-state index is 11.3. The van der Waals surface area contributed by atoms with Crippen molar-refractivity contribution in [3.8, 4) is 0 Å². The zero-order valence-corrected chi connectivity index (χ0v) is 10.5. The zero-order valence-electron chi connectivity index (χ0n) is 10.5. The first kappa shape index (κ1) is 14.2. The van der Waals surface area contributed by atoms with Crippen LogP contribution in [0.25, 0.3) is 6.08 Å². The monoisotopic (exact) mass is 246 g/mol. The highest BCUT2D eigenvalue weighted by atomic mass is 16.5. The molecule has 1 rings (SSSR count). The fourth-order valence-corrected chi connectivity index (χ4v) is 1.42. The van der Waals surface area contributed by atoms with Crippen molar-refractivity contribution in [3.05, 3.63) is 54.1 Å². The molecule has 1 unspecified atom stereocenters. The topological polar surface area (TPSA) is 46.5 Å². The highest BCUT2D eigenvalue weighted by Crippen LogP contribution is 2.09. The second kappa shape index (κ2) is 7.45. The fraction of sp³-hybridized carbons (Fsp3) is 0.267. The molecule has 0 radical (unpaired) electrons. The average molecular weight is 246 g/mol. The Hall–Kier alpha value is -1.87. The molecule has 0 amide bonds. The Labute approximate surface area is 107 Å². The van der Waals surface area contributed by atoms with E-state index >= 15 is 0 Å². The number of aliphatic hydroxyl groups excluding tert-OH is 1. The SMILES string of the molecule is C=C(CC(O)/C=C/c1ccccc1)C(=O)OCC. The average Bonchev–Trinajstić information content (AvgIpc) is 2.38. The van der Waals surface area contributed by atoms with Crippen LogP contribution < -0.4 is 0 Å². The molecule has 96 valence electrons. The molecule has 0 fully saturated rings. The van der Waals surface area contributed by atoms with Crippen LogP contribution in [0.1, 0.15) is 18.9 Å². The molecule has 0 aromatic heterocycles. The molecule has 1 aromatic carbocycles. The molecule has 1 atom stereocenters. The van der Waals surface area contributed by atoms with Gasteiger partial charge < -0.3 is 9.84 Å². The first-order valence-corrected chi connectivity index (χ1v) is 5.89. The Morgan fingerprint density at radius 3 is 2.72 bits per heavy atom. The number of carbonyl (C=O) groups excluding carboxylic acids is 1. The van der Waals surface area contributed by atoms with Gasteiger partial charge in [0.2, 0.25) is 0 Å². The van der Waals surface area contributed by atoms with Gasteiger partial charge in [-0.25, -0.2) is 4.79 Å². The smallest absolute Gasteiger partial charge is 0.333 e. The van der Waals surface area contributed by atoms with E-state index in [9.17, 15) is 9.90 Å². The molecular formula is C15H18O3. The lowest BCUT2D eigenvalue weighted by Crippen LogP contribution is -2.12. The van der Waals surface area contributed by atoms with E-state index in [1.165, 1.54) is 0 Å². The lowest BCUT2D eigenvalue weighted by atomic mass is 10.1. The summed E-state index contributed by atoms with van der Waals surface area (Å²) in [5, 5.41) is 9.74. The molecule has 0 saturated carbocycles. The third kappa shape index (κ3) is 4.97. The van der Waals surface area contributed by atoms with Crippen molar-refractivity contribution >= 4 is 12.0 Å². The minimum atomic E-state index is -0.734. The summed E-state index contributed by atoms with van der Waals surface area (Å²) in [6.07, 6.45) is 2.90. The van der Waals surface area contributed by atoms with E-state index in [2.05, 4.69) is 6.58 Å². The molecular weight excluding hydrogens is 228 g/mol. The Kier molecular flexibility index (Phi) is 5.88. The minimum Gasteiger partial charge on any atom is -0.463 e. The number of hydrogen-bond acceptors (Lipinski definition) is 3. The second-order valence-electron chi connectivity index (χ2n) is 3.87. The summed E-state index contributed by atoms with van der Waals surface area (Å²) in [5.41, 5.74) is 1.28. The minimum absolute atomic E-state index is 0.183. The van der Waals surface area contributed by atoms with Gasteiger partial charge in [0.25, 0.3) is 0 Å². The van der Waals surface area contributed by atoms with Gasteiger partial charge in [0.15, 0.2) is 0 Å². The normalized spacial score (nSPS) is 12.3. The largest absolute Gasteiger partial charge is 0.463 e. The third-order valence-corrected chi connectivity index (χ3v) is 2.33. The van der Waals surface area contributed by atoms with Gasteiger partial charge in [0, 0.05) is 12.0 Å². The predicted octanol–water partition coefficient (Wildman–Crippen LogP) is 2.57. The van der Waals surface area contributed by atoms with Gasteiger partial charge in [0.05, 0.1) is 12.7 Å². The van der Waals surface area contributed by atoms with Crippen molar-refractivity contribution in [2.24, 2.45) is 0 Å². The van der Waals surface area contributed by atoms with Crippen molar-refractivity contribution in [1.82, 2.24) is 0 Å². The molecule has 3 nitrogen and oxygen atoms in total. The molecule has 0 aliphatic heterocycles. The predicted molar refractivity (Wildman–Crippen MR) is 71.9 cm³/mol. The third-order valence-electron chi connectivity index (χ3n) is 2.33. The fourth-order valence-electron chi connectivity index (χ4n) is 1.42. The van der Waals surface area contributed by atoms with Crippen molar-refractivity contribution < 1.29 is 14.6 Å². The summed E-state index contributed by atoms with van der Waals surface area (Å²) in [6, 6.07) is 9.64. The van der Waals surface area contributed by atoms with E-state index in [-0.39, 0.29) is 12.0 Å². The molecule has 1 aromatic rings. The number of hydrogen-bond donors (Lipinski definition) is 1. The Morgan fingerprint density at radius 1 is 1.44 bits per heavy atom. The number of rotatable bonds is 6. The van der Waals surface area contributed by atoms with Crippen molar-refractivity contribution in [2.75, 3.05) is 6.61 Å². The Bertz CT molecular complexity index is 421. The molecule has 0 saturated heterocycles. The van der Waals surface area contributed by atoms with Crippen LogP contribution in [0.5, 0.6) is 0 Å². The number of aliphatic hydroxyl groups is 1. The first-order valence-electron chi connectivity index (χ1n) is 5.89. The summed E-state index contributed by atoms with van der Waals surface area (Å²) >= 11 is 0. The Morgan fingerprint density at radius 2 is 2.11 bits per heavy atom. The summed E-state index contributed by atoms with van der Waals surface area (Å²) in [4.78, 5) is 11.3. The van der Waals surface area contributed by atoms with Gasteiger partial charge in [0.1, 0.15) is 0 Å². The van der Waals surface area contributed by atoms with Gasteiger partial charge in [-0.05, 0) is 12.5 Å². The van der Waals surface area contributed by atoms with Gasteiger partial charge in [-0.3, -0.25) is 0 Å². The van der Waals surface area contributed by atoms with E-state index in [1.807, 2.05) is 36.4 Å². The van der Waals surface area contributed by atoms with E-state index in [0.717, 1.165) is 5.56 Å². The lowest BCUT2D eigenvalue weighted by molar-refractivity contribution is -0.138. The molecule has 0 heterocycles. The van der Waals surface area contributed by atoms with Gasteiger partial charge >= 0.3 is 5.97 Å². The van der Waals surface area contributed by atoms with E-state index < -0.39 is 12.1 Å². The summed E-state index contributed by atoms with van der Waals surface area (Å²) in [5.74, 6) is -0.454. The van der Waals surface area contributed by atoms with Crippen LogP contribution in [-0.4, -0.2) is 23.8 Å². The van der Waals surface area contributed by atoms with Crippen LogP contribution in [0.15, 0.2) is 48.6 Å². The van der Waals surface area contributed by atoms with Crippen LogP contribution in [0, 0.1) is 0 Å². The highest BCUT2D eigenvalue weighted by molar-refractivity contribution is 5.87. The number of esters is 1. The molecule has 0 spiro atoms. The van der Waals surface area contributed by atoms with E-state index in [4.69, 9.17) is 4.74 Å². The second-order valence-corrected chi connectivity index (χ2v) is 3.87. The molecule has 18 heavy (non-hydrogen) atoms. The van der Waals surface area contributed by atoms with E-state index in [1.54, 1.807) is 13.0 Å². The number of benzene rings is 1. The van der Waals surface area contributed by atoms with Crippen molar-refractivity contribution in [1.29, 1.82) is 0 Å². The number of ether oxygens (including phenoxy) is 1. The molecule has 1 N–H and O–H groups in total. The standard InChI is InChI=1S/C15H18O3/c1-3-18-15(17)12(2)11-14(16)10-9-13-7-5-4-6-8-13/h4-10,14,16H,2-3,11H2,1H3/b10-9+. The molecule has 0 bridgehead atoms. The van der Waals surface area contributed by atoms with Gasteiger partial charge in [-0.1, -0.05) is 49.1 Å². The summed E-state index contributed by atoms with van der Waals surface area (Å²) in [6.45, 7) is 5.65. The van der Waals surface area contributed by atoms with Crippen molar-refractivity contribution in [3.63, 3.8) is 0 Å². The Balaban J connectivity index is 2.47. The van der Waals surface area contributed by atoms with E-state index in [0.29, 0.717) is 6.61 Å². The lowest BCUT2D eigenvalue weighted by Gasteiger charge is -2.07. The van der Waals surface area contributed by atoms with Crippen LogP contribution in [0.2, 0.25) is 0 Å². The van der Waals surface area contributed by atoms with Crippen molar-refractivity contribution in [2.45, 2.75) is 19.4 Å². The first-order chi connectivity index (χ1) is 8.63. The molecule has 0 aliphatic carbocycles. The zero-order chi connectivity index (χ0) is 13.4. The number of carbonyl (C=O) groups is 1. The maximum atomic E-state index is 11.3. The quantitative estimate of drug-likeness (QED) is 0.620. The highest BCUT2D eigenvalue weighted by Gasteiger charge is 2.11. The van der Waals surface area contributed by atoms with Gasteiger partial charge in [-0.15, -0.1) is 0 Å². The van der Waals surface area contributed by atoms with Crippen LogP contribution in [0.3, 0.4) is 0 Å². The molecule has 0 aliphatic rings. The summed E-state index contributed by atoms with van der Waals surface area (Å²) in [7, 11) is 0.